The summed E-state index contributed by atoms with van der Waals surface area (Å²) in [5.74, 6) is -0.0812. The molecule has 1 heterocycles. The molecule has 2 aliphatic rings. The van der Waals surface area contributed by atoms with Crippen molar-refractivity contribution in [3.8, 4) is 0 Å². The predicted octanol–water partition coefficient (Wildman–Crippen LogP) is 7.55. The molecule has 0 spiro atoms. The third kappa shape index (κ3) is 4.34. The summed E-state index contributed by atoms with van der Waals surface area (Å²) in [6.45, 7) is 0. The van der Waals surface area contributed by atoms with Crippen molar-refractivity contribution >= 4 is 34.7 Å². The number of benzene rings is 4. The molecule has 4 nitrogen and oxygen atoms in total. The minimum atomic E-state index is -0.557. The Morgan fingerprint density at radius 2 is 1.41 bits per heavy atom. The van der Waals surface area contributed by atoms with Crippen LogP contribution in [0.25, 0.3) is 0 Å². The number of anilines is 2. The van der Waals surface area contributed by atoms with E-state index in [2.05, 4.69) is 5.32 Å². The molecule has 6 rings (SSSR count). The summed E-state index contributed by atoms with van der Waals surface area (Å²) < 4.78 is 0. The highest BCUT2D eigenvalue weighted by molar-refractivity contribution is 6.30. The van der Waals surface area contributed by atoms with Crippen LogP contribution in [0.15, 0.2) is 120 Å². The maximum absolute atomic E-state index is 14.1. The lowest BCUT2D eigenvalue weighted by molar-refractivity contribution is -0.116. The Morgan fingerprint density at radius 1 is 0.757 bits per heavy atom. The Morgan fingerprint density at radius 3 is 2.14 bits per heavy atom. The van der Waals surface area contributed by atoms with Gasteiger partial charge in [-0.3, -0.25) is 14.5 Å². The Hall–Kier alpha value is -4.15. The average Bonchev–Trinajstić information content (AvgIpc) is 3.08. The molecule has 4 aromatic rings. The van der Waals surface area contributed by atoms with Crippen LogP contribution in [0.5, 0.6) is 0 Å². The van der Waals surface area contributed by atoms with Gasteiger partial charge in [0.15, 0.2) is 5.78 Å². The first-order chi connectivity index (χ1) is 18.1. The van der Waals surface area contributed by atoms with Crippen molar-refractivity contribution < 1.29 is 9.59 Å². The number of Topliss-reactive ketones (excluding diaryl/α,β-unsaturated/α-hetero) is 1. The number of ketones is 1. The van der Waals surface area contributed by atoms with Gasteiger partial charge in [-0.25, -0.2) is 0 Å². The molecular weight excluding hydrogens is 480 g/mol. The van der Waals surface area contributed by atoms with E-state index in [0.717, 1.165) is 28.2 Å². The second-order valence-corrected chi connectivity index (χ2v) is 9.91. The molecule has 0 bridgehead atoms. The number of halogens is 1. The highest BCUT2D eigenvalue weighted by Crippen LogP contribution is 2.47. The normalized spacial score (nSPS) is 18.9. The van der Waals surface area contributed by atoms with Crippen LogP contribution in [0.2, 0.25) is 5.02 Å². The van der Waals surface area contributed by atoms with E-state index in [1.165, 1.54) is 0 Å². The second kappa shape index (κ2) is 9.72. The number of fused-ring (bicyclic) bond motifs is 1. The number of carbonyl (C=O) groups excluding carboxylic acids is 2. The highest BCUT2D eigenvalue weighted by atomic mass is 35.5. The van der Waals surface area contributed by atoms with Crippen molar-refractivity contribution in [2.24, 2.45) is 0 Å². The van der Waals surface area contributed by atoms with Gasteiger partial charge in [-0.05, 0) is 59.9 Å². The number of amides is 1. The van der Waals surface area contributed by atoms with Crippen molar-refractivity contribution in [3.63, 3.8) is 0 Å². The molecule has 37 heavy (non-hydrogen) atoms. The van der Waals surface area contributed by atoms with Gasteiger partial charge in [0.25, 0.3) is 5.91 Å². The number of para-hydroxylation sites is 2. The van der Waals surface area contributed by atoms with E-state index in [1.807, 2.05) is 109 Å². The first-order valence-corrected chi connectivity index (χ1v) is 12.8. The summed E-state index contributed by atoms with van der Waals surface area (Å²) in [7, 11) is 0. The molecule has 1 amide bonds. The lowest BCUT2D eigenvalue weighted by atomic mass is 9.78. The first kappa shape index (κ1) is 23.3. The van der Waals surface area contributed by atoms with Crippen LogP contribution in [0.4, 0.5) is 11.4 Å². The third-order valence-electron chi connectivity index (χ3n) is 7.18. The standard InChI is InChI=1S/C32H25ClN2O2/c33-25-17-15-21(16-18-25)24-19-27-30(29(36)20-24)31(22-9-3-1-4-10-22)35(28-14-8-7-13-26(28)34-27)32(37)23-11-5-2-6-12-23/h1-18,24,31,34H,19-20H2. The minimum Gasteiger partial charge on any atom is -0.357 e. The molecule has 1 N–H and O–H groups in total. The van der Waals surface area contributed by atoms with Gasteiger partial charge in [0.1, 0.15) is 0 Å². The van der Waals surface area contributed by atoms with E-state index in [1.54, 1.807) is 4.90 Å². The second-order valence-electron chi connectivity index (χ2n) is 9.47. The van der Waals surface area contributed by atoms with Crippen LogP contribution >= 0.6 is 11.6 Å². The van der Waals surface area contributed by atoms with Gasteiger partial charge in [-0.1, -0.05) is 84.4 Å². The van der Waals surface area contributed by atoms with Crippen LogP contribution in [-0.4, -0.2) is 11.7 Å². The molecule has 4 aromatic carbocycles. The van der Waals surface area contributed by atoms with Crippen LogP contribution in [0, 0.1) is 0 Å². The molecule has 0 fully saturated rings. The molecule has 0 radical (unpaired) electrons. The van der Waals surface area contributed by atoms with Crippen molar-refractivity contribution in [2.45, 2.75) is 24.8 Å². The molecule has 1 aliphatic carbocycles. The smallest absolute Gasteiger partial charge is 0.259 e. The van der Waals surface area contributed by atoms with E-state index >= 15 is 0 Å². The fourth-order valence-electron chi connectivity index (χ4n) is 5.45. The van der Waals surface area contributed by atoms with Crippen molar-refractivity contribution in [1.29, 1.82) is 0 Å². The van der Waals surface area contributed by atoms with E-state index in [9.17, 15) is 9.59 Å². The minimum absolute atomic E-state index is 0.0241. The van der Waals surface area contributed by atoms with E-state index in [4.69, 9.17) is 11.6 Å². The van der Waals surface area contributed by atoms with Crippen molar-refractivity contribution in [2.75, 3.05) is 10.2 Å². The fourth-order valence-corrected chi connectivity index (χ4v) is 5.58. The van der Waals surface area contributed by atoms with Gasteiger partial charge in [0, 0.05) is 28.3 Å². The number of carbonyl (C=O) groups is 2. The van der Waals surface area contributed by atoms with Crippen molar-refractivity contribution in [3.05, 3.63) is 142 Å². The van der Waals surface area contributed by atoms with Gasteiger partial charge < -0.3 is 5.32 Å². The Labute approximate surface area is 221 Å². The van der Waals surface area contributed by atoms with Crippen molar-refractivity contribution in [1.82, 2.24) is 0 Å². The topological polar surface area (TPSA) is 49.4 Å². The zero-order valence-corrected chi connectivity index (χ0v) is 20.9. The van der Waals surface area contributed by atoms with E-state index in [-0.39, 0.29) is 17.6 Å². The number of hydrogen-bond donors (Lipinski definition) is 1. The predicted molar refractivity (Wildman–Crippen MR) is 148 cm³/mol. The Kier molecular flexibility index (Phi) is 6.11. The molecule has 0 saturated carbocycles. The summed E-state index contributed by atoms with van der Waals surface area (Å²) in [5.41, 5.74) is 5.62. The summed E-state index contributed by atoms with van der Waals surface area (Å²) in [6.07, 6.45) is 1.03. The first-order valence-electron chi connectivity index (χ1n) is 12.4. The van der Waals surface area contributed by atoms with Gasteiger partial charge in [0.05, 0.1) is 17.4 Å². The molecule has 182 valence electrons. The van der Waals surface area contributed by atoms with E-state index < -0.39 is 6.04 Å². The molecule has 5 heteroatoms. The number of allylic oxidation sites excluding steroid dienone is 1. The maximum atomic E-state index is 14.1. The number of hydrogen-bond acceptors (Lipinski definition) is 3. The Bertz CT molecular complexity index is 1500. The highest BCUT2D eigenvalue weighted by Gasteiger charge is 2.41. The lowest BCUT2D eigenvalue weighted by Crippen LogP contribution is -2.38. The molecule has 0 saturated heterocycles. The fraction of sp³-hybridized carbons (Fsp3) is 0.125. The summed E-state index contributed by atoms with van der Waals surface area (Å²) in [4.78, 5) is 29.9. The summed E-state index contributed by atoms with van der Waals surface area (Å²) in [5, 5.41) is 4.25. The third-order valence-corrected chi connectivity index (χ3v) is 7.44. The van der Waals surface area contributed by atoms with Crippen LogP contribution in [0.1, 0.15) is 46.3 Å². The monoisotopic (exact) mass is 504 g/mol. The molecule has 2 unspecified atom stereocenters. The van der Waals surface area contributed by atoms with Gasteiger partial charge in [0.2, 0.25) is 0 Å². The van der Waals surface area contributed by atoms with Crippen LogP contribution in [0.3, 0.4) is 0 Å². The lowest BCUT2D eigenvalue weighted by Gasteiger charge is -2.35. The zero-order chi connectivity index (χ0) is 25.4. The summed E-state index contributed by atoms with van der Waals surface area (Å²) in [6, 6.07) is 34.1. The SMILES string of the molecule is O=C1CC(c2ccc(Cl)cc2)CC2=C1C(c1ccccc1)N(C(=O)c1ccccc1)c1ccccc1N2. The number of nitrogens with one attached hydrogen (secondary N) is 1. The molecular formula is C32H25ClN2O2. The Balaban J connectivity index is 1.55. The number of nitrogens with zero attached hydrogens (tertiary/aromatic N) is 1. The van der Waals surface area contributed by atoms with Gasteiger partial charge in [-0.2, -0.15) is 0 Å². The van der Waals surface area contributed by atoms with Gasteiger partial charge >= 0.3 is 0 Å². The van der Waals surface area contributed by atoms with E-state index in [0.29, 0.717) is 29.0 Å². The molecule has 2 atom stereocenters. The molecule has 1 aliphatic heterocycles. The van der Waals surface area contributed by atoms with Crippen LogP contribution < -0.4 is 10.2 Å². The quantitative estimate of drug-likeness (QED) is 0.313. The van der Waals surface area contributed by atoms with Crippen LogP contribution in [-0.2, 0) is 4.79 Å². The summed E-state index contributed by atoms with van der Waals surface area (Å²) >= 11 is 6.12. The molecule has 0 aromatic heterocycles. The zero-order valence-electron chi connectivity index (χ0n) is 20.1. The van der Waals surface area contributed by atoms with Gasteiger partial charge in [-0.15, -0.1) is 0 Å². The maximum Gasteiger partial charge on any atom is 0.259 e. The number of rotatable bonds is 3. The average molecular weight is 505 g/mol. The largest absolute Gasteiger partial charge is 0.357 e.